The van der Waals surface area contributed by atoms with E-state index in [2.05, 4.69) is 33.4 Å². The van der Waals surface area contributed by atoms with Crippen molar-refractivity contribution in [2.24, 2.45) is 5.92 Å². The van der Waals surface area contributed by atoms with Gasteiger partial charge in [-0.2, -0.15) is 0 Å². The summed E-state index contributed by atoms with van der Waals surface area (Å²) >= 11 is 3.64. The summed E-state index contributed by atoms with van der Waals surface area (Å²) in [6.07, 6.45) is 3.72. The van der Waals surface area contributed by atoms with E-state index >= 15 is 0 Å². The molecule has 0 unspecified atom stereocenters. The first-order chi connectivity index (χ1) is 8.29. The van der Waals surface area contributed by atoms with Crippen LogP contribution in [-0.4, -0.2) is 19.7 Å². The molecule has 94 valence electrons. The number of piperidine rings is 1. The van der Waals surface area contributed by atoms with Crippen molar-refractivity contribution in [3.05, 3.63) is 28.2 Å². The fraction of sp³-hybridized carbons (Fsp3) is 0.571. The van der Waals surface area contributed by atoms with Crippen molar-refractivity contribution in [2.45, 2.75) is 26.2 Å². The van der Waals surface area contributed by atoms with Crippen molar-refractivity contribution in [2.75, 3.05) is 19.7 Å². The molecule has 2 nitrogen and oxygen atoms in total. The monoisotopic (exact) mass is 297 g/mol. The van der Waals surface area contributed by atoms with Crippen molar-refractivity contribution in [1.82, 2.24) is 5.32 Å². The molecule has 0 aliphatic carbocycles. The first kappa shape index (κ1) is 12.9. The van der Waals surface area contributed by atoms with E-state index in [1.807, 2.05) is 13.0 Å². The molecule has 0 radical (unpaired) electrons. The second-order valence-corrected chi connectivity index (χ2v) is 5.44. The molecule has 0 atom stereocenters. The zero-order valence-corrected chi connectivity index (χ0v) is 11.9. The molecule has 0 saturated carbocycles. The Hall–Kier alpha value is -0.540. The number of nitrogens with one attached hydrogen (secondary N) is 1. The number of ether oxygens (including phenoxy) is 1. The molecule has 3 heteroatoms. The molecular weight excluding hydrogens is 278 g/mol. The second-order valence-electron chi connectivity index (χ2n) is 4.58. The molecule has 0 aromatic heterocycles. The minimum atomic E-state index is 0.731. The van der Waals surface area contributed by atoms with E-state index in [0.29, 0.717) is 0 Å². The number of hydrogen-bond donors (Lipinski definition) is 1. The highest BCUT2D eigenvalue weighted by atomic mass is 79.9. The first-order valence-corrected chi connectivity index (χ1v) is 7.21. The molecule has 1 aromatic carbocycles. The van der Waals surface area contributed by atoms with E-state index in [0.717, 1.165) is 37.8 Å². The smallest absolute Gasteiger partial charge is 0.119 e. The molecule has 17 heavy (non-hydrogen) atoms. The lowest BCUT2D eigenvalue weighted by atomic mass is 9.91. The highest BCUT2D eigenvalue weighted by Gasteiger charge is 2.15. The summed E-state index contributed by atoms with van der Waals surface area (Å²) in [6, 6.07) is 6.30. The SMILES string of the molecule is CCOc1ccc(Br)c(CC2CCNCC2)c1. The quantitative estimate of drug-likeness (QED) is 0.920. The van der Waals surface area contributed by atoms with Gasteiger partial charge in [-0.15, -0.1) is 0 Å². The number of benzene rings is 1. The van der Waals surface area contributed by atoms with Gasteiger partial charge >= 0.3 is 0 Å². The summed E-state index contributed by atoms with van der Waals surface area (Å²) in [4.78, 5) is 0. The van der Waals surface area contributed by atoms with Crippen molar-refractivity contribution in [3.8, 4) is 5.75 Å². The Bertz CT molecular complexity index is 361. The molecule has 0 bridgehead atoms. The van der Waals surface area contributed by atoms with Crippen LogP contribution in [0.25, 0.3) is 0 Å². The van der Waals surface area contributed by atoms with Gasteiger partial charge in [0.2, 0.25) is 0 Å². The summed E-state index contributed by atoms with van der Waals surface area (Å²) < 4.78 is 6.77. The number of halogens is 1. The van der Waals surface area contributed by atoms with Crippen LogP contribution >= 0.6 is 15.9 Å². The second kappa shape index (κ2) is 6.41. The van der Waals surface area contributed by atoms with E-state index in [1.54, 1.807) is 0 Å². The van der Waals surface area contributed by atoms with Crippen LogP contribution in [0.3, 0.4) is 0 Å². The van der Waals surface area contributed by atoms with Gasteiger partial charge in [0.15, 0.2) is 0 Å². The molecule has 0 spiro atoms. The highest BCUT2D eigenvalue weighted by Crippen LogP contribution is 2.27. The van der Waals surface area contributed by atoms with Crippen molar-refractivity contribution >= 4 is 15.9 Å². The van der Waals surface area contributed by atoms with Gasteiger partial charge in [-0.25, -0.2) is 0 Å². The molecule has 1 aromatic rings. The minimum Gasteiger partial charge on any atom is -0.494 e. The molecule has 1 aliphatic rings. The Morgan fingerprint density at radius 3 is 2.82 bits per heavy atom. The molecule has 1 saturated heterocycles. The maximum absolute atomic E-state index is 5.56. The molecule has 1 aliphatic heterocycles. The van der Waals surface area contributed by atoms with Crippen LogP contribution in [0, 0.1) is 5.92 Å². The van der Waals surface area contributed by atoms with E-state index in [4.69, 9.17) is 4.74 Å². The van der Waals surface area contributed by atoms with Gasteiger partial charge in [0, 0.05) is 4.47 Å². The normalized spacial score (nSPS) is 17.1. The third-order valence-corrected chi connectivity index (χ3v) is 4.07. The van der Waals surface area contributed by atoms with Crippen LogP contribution < -0.4 is 10.1 Å². The Balaban J connectivity index is 2.04. The van der Waals surface area contributed by atoms with Gasteiger partial charge in [0.25, 0.3) is 0 Å². The molecule has 1 heterocycles. The maximum Gasteiger partial charge on any atom is 0.119 e. The Kier molecular flexibility index (Phi) is 4.86. The van der Waals surface area contributed by atoms with Crippen LogP contribution in [0.15, 0.2) is 22.7 Å². The molecular formula is C14H20BrNO. The van der Waals surface area contributed by atoms with Crippen LogP contribution in [0.2, 0.25) is 0 Å². The fourth-order valence-electron chi connectivity index (χ4n) is 2.36. The van der Waals surface area contributed by atoms with Crippen molar-refractivity contribution in [3.63, 3.8) is 0 Å². The van der Waals surface area contributed by atoms with Crippen molar-refractivity contribution in [1.29, 1.82) is 0 Å². The zero-order valence-electron chi connectivity index (χ0n) is 10.3. The third-order valence-electron chi connectivity index (χ3n) is 3.30. The summed E-state index contributed by atoms with van der Waals surface area (Å²) in [7, 11) is 0. The first-order valence-electron chi connectivity index (χ1n) is 6.41. The van der Waals surface area contributed by atoms with E-state index in [-0.39, 0.29) is 0 Å². The predicted octanol–water partition coefficient (Wildman–Crippen LogP) is 3.39. The van der Waals surface area contributed by atoms with Crippen LogP contribution in [-0.2, 0) is 6.42 Å². The average Bonchev–Trinajstić information content (AvgIpc) is 2.35. The molecule has 2 rings (SSSR count). The van der Waals surface area contributed by atoms with Gasteiger partial charge in [0.1, 0.15) is 5.75 Å². The predicted molar refractivity (Wildman–Crippen MR) is 74.6 cm³/mol. The minimum absolute atomic E-state index is 0.731. The van der Waals surface area contributed by atoms with Crippen LogP contribution in [0.5, 0.6) is 5.75 Å². The maximum atomic E-state index is 5.56. The fourth-order valence-corrected chi connectivity index (χ4v) is 2.77. The van der Waals surface area contributed by atoms with Gasteiger partial charge in [-0.05, 0) is 69.0 Å². The van der Waals surface area contributed by atoms with Gasteiger partial charge in [0.05, 0.1) is 6.61 Å². The summed E-state index contributed by atoms with van der Waals surface area (Å²) in [5.41, 5.74) is 1.38. The summed E-state index contributed by atoms with van der Waals surface area (Å²) in [6.45, 7) is 5.07. The Morgan fingerprint density at radius 1 is 1.35 bits per heavy atom. The third kappa shape index (κ3) is 3.71. The Morgan fingerprint density at radius 2 is 2.12 bits per heavy atom. The largest absolute Gasteiger partial charge is 0.494 e. The lowest BCUT2D eigenvalue weighted by Gasteiger charge is -2.23. The van der Waals surface area contributed by atoms with E-state index < -0.39 is 0 Å². The number of rotatable bonds is 4. The van der Waals surface area contributed by atoms with E-state index in [1.165, 1.54) is 22.9 Å². The van der Waals surface area contributed by atoms with Gasteiger partial charge in [-0.1, -0.05) is 15.9 Å². The van der Waals surface area contributed by atoms with E-state index in [9.17, 15) is 0 Å². The molecule has 1 N–H and O–H groups in total. The van der Waals surface area contributed by atoms with Crippen LogP contribution in [0.4, 0.5) is 0 Å². The standard InChI is InChI=1S/C14H20BrNO/c1-2-17-13-3-4-14(15)12(10-13)9-11-5-7-16-8-6-11/h3-4,10-11,16H,2,5-9H2,1H3. The summed E-state index contributed by atoms with van der Waals surface area (Å²) in [5.74, 6) is 1.80. The topological polar surface area (TPSA) is 21.3 Å². The highest BCUT2D eigenvalue weighted by molar-refractivity contribution is 9.10. The van der Waals surface area contributed by atoms with Crippen LogP contribution in [0.1, 0.15) is 25.3 Å². The molecule has 1 fully saturated rings. The number of hydrogen-bond acceptors (Lipinski definition) is 2. The average molecular weight is 298 g/mol. The Labute approximate surface area is 112 Å². The summed E-state index contributed by atoms with van der Waals surface area (Å²) in [5, 5.41) is 3.41. The van der Waals surface area contributed by atoms with Crippen molar-refractivity contribution < 1.29 is 4.74 Å². The zero-order chi connectivity index (χ0) is 12.1. The van der Waals surface area contributed by atoms with Gasteiger partial charge in [-0.3, -0.25) is 0 Å². The molecule has 0 amide bonds. The lowest BCUT2D eigenvalue weighted by molar-refractivity contribution is 0.338. The van der Waals surface area contributed by atoms with Gasteiger partial charge < -0.3 is 10.1 Å². The lowest BCUT2D eigenvalue weighted by Crippen LogP contribution is -2.28.